The van der Waals surface area contributed by atoms with E-state index >= 15 is 0 Å². The van der Waals surface area contributed by atoms with Gasteiger partial charge in [0.1, 0.15) is 0 Å². The molecule has 1 aromatic carbocycles. The number of rotatable bonds is 6. The molecule has 2 heterocycles. The minimum absolute atomic E-state index is 0.104. The second kappa shape index (κ2) is 8.05. The van der Waals surface area contributed by atoms with Gasteiger partial charge in [0.15, 0.2) is 0 Å². The van der Waals surface area contributed by atoms with Crippen LogP contribution < -0.4 is 9.62 Å². The molecule has 2 aliphatic heterocycles. The van der Waals surface area contributed by atoms with Gasteiger partial charge in [0.05, 0.1) is 10.6 Å². The fraction of sp³-hybridized carbons (Fsp3) is 0.556. The summed E-state index contributed by atoms with van der Waals surface area (Å²) in [6.07, 6.45) is 0.398. The van der Waals surface area contributed by atoms with Gasteiger partial charge in [0, 0.05) is 51.6 Å². The maximum atomic E-state index is 12.5. The van der Waals surface area contributed by atoms with E-state index in [0.29, 0.717) is 12.2 Å². The molecular weight excluding hydrogens is 368 g/mol. The molecule has 2 aliphatic rings. The van der Waals surface area contributed by atoms with Crippen molar-refractivity contribution < 1.29 is 18.0 Å². The number of sulfonamides is 1. The highest BCUT2D eigenvalue weighted by Crippen LogP contribution is 2.24. The van der Waals surface area contributed by atoms with E-state index in [9.17, 15) is 18.0 Å². The minimum atomic E-state index is -3.65. The van der Waals surface area contributed by atoms with Crippen LogP contribution in [-0.4, -0.2) is 75.8 Å². The van der Waals surface area contributed by atoms with Crippen molar-refractivity contribution in [2.75, 3.05) is 44.7 Å². The first-order chi connectivity index (χ1) is 12.8. The zero-order chi connectivity index (χ0) is 19.6. The Morgan fingerprint density at radius 1 is 1.00 bits per heavy atom. The number of imide groups is 1. The second-order valence-electron chi connectivity index (χ2n) is 7.16. The molecule has 0 aromatic heterocycles. The van der Waals surface area contributed by atoms with Crippen LogP contribution in [0, 0.1) is 0 Å². The molecule has 2 saturated heterocycles. The number of amides is 2. The van der Waals surface area contributed by atoms with Crippen molar-refractivity contribution in [3.05, 3.63) is 24.3 Å². The van der Waals surface area contributed by atoms with E-state index in [1.807, 2.05) is 6.92 Å². The zero-order valence-electron chi connectivity index (χ0n) is 15.7. The Kier molecular flexibility index (Phi) is 5.95. The first-order valence-electron chi connectivity index (χ1n) is 9.16. The number of carbonyl (C=O) groups is 2. The van der Waals surface area contributed by atoms with Gasteiger partial charge in [-0.15, -0.1) is 0 Å². The summed E-state index contributed by atoms with van der Waals surface area (Å²) in [4.78, 5) is 29.3. The maximum absolute atomic E-state index is 12.5. The molecule has 148 valence electrons. The topological polar surface area (TPSA) is 90.0 Å². The van der Waals surface area contributed by atoms with Crippen molar-refractivity contribution in [1.82, 2.24) is 14.5 Å². The van der Waals surface area contributed by atoms with Crippen molar-refractivity contribution in [2.45, 2.75) is 30.7 Å². The summed E-state index contributed by atoms with van der Waals surface area (Å²) in [7, 11) is -1.57. The Balaban J connectivity index is 1.61. The lowest BCUT2D eigenvalue weighted by Gasteiger charge is -2.36. The van der Waals surface area contributed by atoms with Crippen LogP contribution >= 0.6 is 0 Å². The standard InChI is InChI=1S/C18H26N4O4S/c1-14(21-11-9-20(2)10-12-21)13-19-27(25,26)16-5-3-15(4-6-16)22-17(23)7-8-18(22)24/h3-6,14,19H,7-13H2,1-2H3. The molecule has 8 nitrogen and oxygen atoms in total. The third-order valence-electron chi connectivity index (χ3n) is 5.19. The van der Waals surface area contributed by atoms with E-state index < -0.39 is 10.0 Å². The normalized spacial score (nSPS) is 21.0. The van der Waals surface area contributed by atoms with Crippen LogP contribution in [0.2, 0.25) is 0 Å². The van der Waals surface area contributed by atoms with Gasteiger partial charge in [-0.25, -0.2) is 13.1 Å². The van der Waals surface area contributed by atoms with Crippen LogP contribution in [-0.2, 0) is 19.6 Å². The van der Waals surface area contributed by atoms with Gasteiger partial charge in [0.25, 0.3) is 0 Å². The molecule has 1 unspecified atom stereocenters. The Bertz CT molecular complexity index is 785. The predicted octanol–water partition coefficient (Wildman–Crippen LogP) is 0.254. The lowest BCUT2D eigenvalue weighted by molar-refractivity contribution is -0.121. The molecule has 1 N–H and O–H groups in total. The fourth-order valence-electron chi connectivity index (χ4n) is 3.34. The van der Waals surface area contributed by atoms with E-state index in [1.165, 1.54) is 24.3 Å². The lowest BCUT2D eigenvalue weighted by Crippen LogP contribution is -2.51. The number of benzene rings is 1. The Hall–Kier alpha value is -1.81. The summed E-state index contributed by atoms with van der Waals surface area (Å²) >= 11 is 0. The van der Waals surface area contributed by atoms with Gasteiger partial charge < -0.3 is 4.90 Å². The molecule has 9 heteroatoms. The summed E-state index contributed by atoms with van der Waals surface area (Å²) in [5, 5.41) is 0. The highest BCUT2D eigenvalue weighted by atomic mass is 32.2. The quantitative estimate of drug-likeness (QED) is 0.696. The maximum Gasteiger partial charge on any atom is 0.240 e. The van der Waals surface area contributed by atoms with E-state index in [1.54, 1.807) is 0 Å². The van der Waals surface area contributed by atoms with Crippen LogP contribution in [0.4, 0.5) is 5.69 Å². The number of anilines is 1. The second-order valence-corrected chi connectivity index (χ2v) is 8.92. The third-order valence-corrected chi connectivity index (χ3v) is 6.63. The number of carbonyl (C=O) groups excluding carboxylic acids is 2. The average Bonchev–Trinajstić information content (AvgIpc) is 2.99. The molecular formula is C18H26N4O4S. The van der Waals surface area contributed by atoms with E-state index in [2.05, 4.69) is 21.6 Å². The van der Waals surface area contributed by atoms with Gasteiger partial charge in [-0.05, 0) is 38.2 Å². The van der Waals surface area contributed by atoms with Crippen molar-refractivity contribution >= 4 is 27.5 Å². The average molecular weight is 394 g/mol. The van der Waals surface area contributed by atoms with Gasteiger partial charge in [-0.3, -0.25) is 19.4 Å². The summed E-state index contributed by atoms with van der Waals surface area (Å²) in [5.74, 6) is -0.510. The van der Waals surface area contributed by atoms with Crippen molar-refractivity contribution in [2.24, 2.45) is 0 Å². The van der Waals surface area contributed by atoms with Gasteiger partial charge in [-0.1, -0.05) is 0 Å². The highest BCUT2D eigenvalue weighted by Gasteiger charge is 2.30. The van der Waals surface area contributed by atoms with Crippen LogP contribution in [0.1, 0.15) is 19.8 Å². The van der Waals surface area contributed by atoms with Crippen molar-refractivity contribution in [3.63, 3.8) is 0 Å². The number of piperazine rings is 1. The van der Waals surface area contributed by atoms with E-state index in [-0.39, 0.29) is 35.6 Å². The third kappa shape index (κ3) is 4.55. The molecule has 27 heavy (non-hydrogen) atoms. The van der Waals surface area contributed by atoms with Crippen molar-refractivity contribution in [3.8, 4) is 0 Å². The van der Waals surface area contributed by atoms with Crippen LogP contribution in [0.15, 0.2) is 29.2 Å². The largest absolute Gasteiger partial charge is 0.304 e. The van der Waals surface area contributed by atoms with Crippen LogP contribution in [0.25, 0.3) is 0 Å². The van der Waals surface area contributed by atoms with Crippen LogP contribution in [0.3, 0.4) is 0 Å². The first kappa shape index (κ1) is 19.9. The number of nitrogens with zero attached hydrogens (tertiary/aromatic N) is 3. The minimum Gasteiger partial charge on any atom is -0.304 e. The Morgan fingerprint density at radius 2 is 1.56 bits per heavy atom. The molecule has 2 amide bonds. The zero-order valence-corrected chi connectivity index (χ0v) is 16.5. The fourth-order valence-corrected chi connectivity index (χ4v) is 4.47. The SMILES string of the molecule is CC(CNS(=O)(=O)c1ccc(N2C(=O)CCC2=O)cc1)N1CCN(C)CC1. The molecule has 0 saturated carbocycles. The molecule has 0 spiro atoms. The molecule has 2 fully saturated rings. The predicted molar refractivity (Wildman–Crippen MR) is 102 cm³/mol. The molecule has 0 aliphatic carbocycles. The molecule has 3 rings (SSSR count). The lowest BCUT2D eigenvalue weighted by atomic mass is 10.2. The molecule has 1 atom stereocenters. The molecule has 0 bridgehead atoms. The summed E-state index contributed by atoms with van der Waals surface area (Å²) < 4.78 is 27.8. The summed E-state index contributed by atoms with van der Waals surface area (Å²) in [6.45, 7) is 6.15. The van der Waals surface area contributed by atoms with Gasteiger partial charge in [0.2, 0.25) is 21.8 Å². The van der Waals surface area contributed by atoms with Crippen LogP contribution in [0.5, 0.6) is 0 Å². The Labute approximate surface area is 160 Å². The number of hydrogen-bond donors (Lipinski definition) is 1. The summed E-state index contributed by atoms with van der Waals surface area (Å²) in [6, 6.07) is 5.96. The number of nitrogens with one attached hydrogen (secondary N) is 1. The van der Waals surface area contributed by atoms with E-state index in [0.717, 1.165) is 31.1 Å². The number of hydrogen-bond acceptors (Lipinski definition) is 6. The highest BCUT2D eigenvalue weighted by molar-refractivity contribution is 7.89. The summed E-state index contributed by atoms with van der Waals surface area (Å²) in [5.41, 5.74) is 0.409. The molecule has 0 radical (unpaired) electrons. The monoisotopic (exact) mass is 394 g/mol. The smallest absolute Gasteiger partial charge is 0.240 e. The van der Waals surface area contributed by atoms with Gasteiger partial charge >= 0.3 is 0 Å². The number of likely N-dealkylation sites (N-methyl/N-ethyl adjacent to an activating group) is 1. The van der Waals surface area contributed by atoms with E-state index in [4.69, 9.17) is 0 Å². The first-order valence-corrected chi connectivity index (χ1v) is 10.6. The van der Waals surface area contributed by atoms with Crippen molar-refractivity contribution in [1.29, 1.82) is 0 Å². The molecule has 1 aromatic rings. The Morgan fingerprint density at radius 3 is 2.11 bits per heavy atom. The van der Waals surface area contributed by atoms with Gasteiger partial charge in [-0.2, -0.15) is 0 Å².